The number of halogens is 2. The molecule has 19 heavy (non-hydrogen) atoms. The third kappa shape index (κ3) is 5.38. The van der Waals surface area contributed by atoms with E-state index in [1.807, 2.05) is 0 Å². The zero-order chi connectivity index (χ0) is 14.4. The number of rotatable bonds is 6. The predicted molar refractivity (Wildman–Crippen MR) is 72.2 cm³/mol. The van der Waals surface area contributed by atoms with Crippen LogP contribution in [0.4, 0.5) is 4.39 Å². The first-order valence-electron chi connectivity index (χ1n) is 5.83. The van der Waals surface area contributed by atoms with Crippen LogP contribution in [0, 0.1) is 11.7 Å². The second-order valence-corrected chi connectivity index (χ2v) is 5.19. The Balaban J connectivity index is 2.40. The van der Waals surface area contributed by atoms with Gasteiger partial charge in [-0.2, -0.15) is 0 Å². The third-order valence-corrected chi connectivity index (χ3v) is 3.16. The number of hydrogen-bond acceptors (Lipinski definition) is 2. The number of carboxylic acid groups (broad SMARTS) is 1. The van der Waals surface area contributed by atoms with Gasteiger partial charge in [-0.25, -0.2) is 4.39 Å². The van der Waals surface area contributed by atoms with Crippen LogP contribution in [0.5, 0.6) is 0 Å². The molecule has 0 bridgehead atoms. The Morgan fingerprint density at radius 3 is 2.74 bits per heavy atom. The first-order chi connectivity index (χ1) is 8.90. The first-order valence-corrected chi connectivity index (χ1v) is 6.63. The summed E-state index contributed by atoms with van der Waals surface area (Å²) in [5.41, 5.74) is 0.463. The maximum Gasteiger partial charge on any atom is 0.308 e. The lowest BCUT2D eigenvalue weighted by molar-refractivity contribution is -0.141. The van der Waals surface area contributed by atoms with E-state index in [2.05, 4.69) is 21.2 Å². The number of benzene rings is 1. The molecule has 0 heterocycles. The van der Waals surface area contributed by atoms with E-state index < -0.39 is 11.9 Å². The Morgan fingerprint density at radius 2 is 2.16 bits per heavy atom. The SMILES string of the molecule is C[C@H](CNC(=O)CCc1ccc(Br)cc1F)C(=O)O. The second kappa shape index (κ2) is 7.23. The average molecular weight is 332 g/mol. The van der Waals surface area contributed by atoms with Gasteiger partial charge >= 0.3 is 5.97 Å². The molecule has 0 aromatic heterocycles. The Kier molecular flexibility index (Phi) is 5.95. The van der Waals surface area contributed by atoms with Crippen LogP contribution in [-0.2, 0) is 16.0 Å². The summed E-state index contributed by atoms with van der Waals surface area (Å²) in [6.45, 7) is 1.59. The fourth-order valence-electron chi connectivity index (χ4n) is 1.42. The van der Waals surface area contributed by atoms with E-state index in [0.717, 1.165) is 0 Å². The van der Waals surface area contributed by atoms with Gasteiger partial charge in [0, 0.05) is 17.4 Å². The molecule has 104 valence electrons. The number of aliphatic carboxylic acids is 1. The van der Waals surface area contributed by atoms with Gasteiger partial charge < -0.3 is 10.4 Å². The van der Waals surface area contributed by atoms with Gasteiger partial charge in [0.1, 0.15) is 5.82 Å². The molecule has 1 aromatic rings. The number of hydrogen-bond donors (Lipinski definition) is 2. The third-order valence-electron chi connectivity index (χ3n) is 2.66. The summed E-state index contributed by atoms with van der Waals surface area (Å²) < 4.78 is 14.1. The van der Waals surface area contributed by atoms with Gasteiger partial charge in [0.05, 0.1) is 5.92 Å². The van der Waals surface area contributed by atoms with Crippen LogP contribution in [0.25, 0.3) is 0 Å². The summed E-state index contributed by atoms with van der Waals surface area (Å²) in [6.07, 6.45) is 0.414. The molecule has 0 fully saturated rings. The van der Waals surface area contributed by atoms with E-state index in [1.54, 1.807) is 12.1 Å². The van der Waals surface area contributed by atoms with E-state index in [4.69, 9.17) is 5.11 Å². The van der Waals surface area contributed by atoms with Crippen LogP contribution >= 0.6 is 15.9 Å². The summed E-state index contributed by atoms with van der Waals surface area (Å²) >= 11 is 3.16. The van der Waals surface area contributed by atoms with Crippen molar-refractivity contribution in [1.29, 1.82) is 0 Å². The lowest BCUT2D eigenvalue weighted by Gasteiger charge is -2.08. The number of amides is 1. The summed E-state index contributed by atoms with van der Waals surface area (Å²) in [5, 5.41) is 11.2. The maximum absolute atomic E-state index is 13.5. The lowest BCUT2D eigenvalue weighted by Crippen LogP contribution is -2.31. The lowest BCUT2D eigenvalue weighted by atomic mass is 10.1. The van der Waals surface area contributed by atoms with E-state index in [-0.39, 0.29) is 31.1 Å². The number of carbonyl (C=O) groups excluding carboxylic acids is 1. The van der Waals surface area contributed by atoms with Crippen molar-refractivity contribution in [3.05, 3.63) is 34.1 Å². The highest BCUT2D eigenvalue weighted by Crippen LogP contribution is 2.16. The van der Waals surface area contributed by atoms with Crippen LogP contribution in [0.1, 0.15) is 18.9 Å². The number of carboxylic acids is 1. The van der Waals surface area contributed by atoms with Gasteiger partial charge in [0.15, 0.2) is 0 Å². The van der Waals surface area contributed by atoms with Crippen LogP contribution in [-0.4, -0.2) is 23.5 Å². The van der Waals surface area contributed by atoms with Crippen LogP contribution in [0.3, 0.4) is 0 Å². The van der Waals surface area contributed by atoms with Crippen molar-refractivity contribution in [3.63, 3.8) is 0 Å². The molecule has 0 unspecified atom stereocenters. The molecule has 0 aliphatic heterocycles. The Labute approximate surface area is 119 Å². The van der Waals surface area contributed by atoms with E-state index in [1.165, 1.54) is 13.0 Å². The van der Waals surface area contributed by atoms with Crippen molar-refractivity contribution in [2.75, 3.05) is 6.54 Å². The van der Waals surface area contributed by atoms with Crippen molar-refractivity contribution >= 4 is 27.8 Å². The summed E-state index contributed by atoms with van der Waals surface area (Å²) in [6, 6.07) is 4.68. The first kappa shape index (κ1) is 15.6. The molecule has 1 amide bonds. The highest BCUT2D eigenvalue weighted by atomic mass is 79.9. The largest absolute Gasteiger partial charge is 0.481 e. The van der Waals surface area contributed by atoms with Crippen LogP contribution in [0.15, 0.2) is 22.7 Å². The Bertz CT molecular complexity index is 479. The minimum atomic E-state index is -0.959. The maximum atomic E-state index is 13.5. The van der Waals surface area contributed by atoms with Crippen molar-refractivity contribution in [1.82, 2.24) is 5.32 Å². The summed E-state index contributed by atoms with van der Waals surface area (Å²) in [7, 11) is 0. The predicted octanol–water partition coefficient (Wildman–Crippen LogP) is 2.36. The molecule has 0 saturated carbocycles. The van der Waals surface area contributed by atoms with E-state index >= 15 is 0 Å². The highest BCUT2D eigenvalue weighted by Gasteiger charge is 2.12. The minimum Gasteiger partial charge on any atom is -0.481 e. The molecule has 0 aliphatic rings. The quantitative estimate of drug-likeness (QED) is 0.840. The minimum absolute atomic E-state index is 0.0803. The van der Waals surface area contributed by atoms with Crippen molar-refractivity contribution in [3.8, 4) is 0 Å². The van der Waals surface area contributed by atoms with Gasteiger partial charge in [-0.1, -0.05) is 28.9 Å². The van der Waals surface area contributed by atoms with Crippen LogP contribution in [0.2, 0.25) is 0 Å². The van der Waals surface area contributed by atoms with Crippen molar-refractivity contribution < 1.29 is 19.1 Å². The van der Waals surface area contributed by atoms with Gasteiger partial charge in [-0.05, 0) is 24.1 Å². The zero-order valence-corrected chi connectivity index (χ0v) is 12.0. The second-order valence-electron chi connectivity index (χ2n) is 4.28. The molecule has 4 nitrogen and oxygen atoms in total. The Morgan fingerprint density at radius 1 is 1.47 bits per heavy atom. The standard InChI is InChI=1S/C13H15BrFNO3/c1-8(13(18)19)7-16-12(17)5-3-9-2-4-10(14)6-11(9)15/h2,4,6,8H,3,5,7H2,1H3,(H,16,17)(H,18,19)/t8-/m1/s1. The normalized spacial score (nSPS) is 11.9. The molecule has 1 aromatic carbocycles. The summed E-state index contributed by atoms with van der Waals surface area (Å²) in [5.74, 6) is -2.23. The monoisotopic (exact) mass is 331 g/mol. The van der Waals surface area contributed by atoms with Gasteiger partial charge in [0.25, 0.3) is 0 Å². The number of carbonyl (C=O) groups is 2. The van der Waals surface area contributed by atoms with E-state index in [0.29, 0.717) is 10.0 Å². The van der Waals surface area contributed by atoms with E-state index in [9.17, 15) is 14.0 Å². The number of nitrogens with one attached hydrogen (secondary N) is 1. The smallest absolute Gasteiger partial charge is 0.308 e. The highest BCUT2D eigenvalue weighted by molar-refractivity contribution is 9.10. The zero-order valence-electron chi connectivity index (χ0n) is 10.5. The van der Waals surface area contributed by atoms with Gasteiger partial charge in [0.2, 0.25) is 5.91 Å². The molecule has 2 N–H and O–H groups in total. The Hall–Kier alpha value is -1.43. The van der Waals surface area contributed by atoms with Crippen LogP contribution < -0.4 is 5.32 Å². The molecule has 0 radical (unpaired) electrons. The molecule has 0 aliphatic carbocycles. The topological polar surface area (TPSA) is 66.4 Å². The van der Waals surface area contributed by atoms with Crippen molar-refractivity contribution in [2.45, 2.75) is 19.8 Å². The fraction of sp³-hybridized carbons (Fsp3) is 0.385. The molecule has 6 heteroatoms. The molecule has 1 rings (SSSR count). The molecular formula is C13H15BrFNO3. The van der Waals surface area contributed by atoms with Crippen molar-refractivity contribution in [2.24, 2.45) is 5.92 Å². The molecule has 1 atom stereocenters. The summed E-state index contributed by atoms with van der Waals surface area (Å²) in [4.78, 5) is 22.0. The number of aryl methyl sites for hydroxylation is 1. The molecule has 0 spiro atoms. The molecular weight excluding hydrogens is 317 g/mol. The van der Waals surface area contributed by atoms with Gasteiger partial charge in [-0.15, -0.1) is 0 Å². The fourth-order valence-corrected chi connectivity index (χ4v) is 1.75. The van der Waals surface area contributed by atoms with Gasteiger partial charge in [-0.3, -0.25) is 9.59 Å². The molecule has 0 saturated heterocycles. The average Bonchev–Trinajstić information content (AvgIpc) is 2.34.